The fourth-order valence-corrected chi connectivity index (χ4v) is 5.33. The minimum Gasteiger partial charge on any atom is -0.381 e. The highest BCUT2D eigenvalue weighted by Gasteiger charge is 2.43. The van der Waals surface area contributed by atoms with E-state index >= 15 is 0 Å². The summed E-state index contributed by atoms with van der Waals surface area (Å²) in [4.78, 5) is 14.7. The minimum atomic E-state index is -3.67. The number of fused-ring (bicyclic) bond motifs is 2. The molecule has 2 fully saturated rings. The molecule has 2 aliphatic heterocycles. The predicted molar refractivity (Wildman–Crippen MR) is 123 cm³/mol. The average molecular weight is 524 g/mol. The summed E-state index contributed by atoms with van der Waals surface area (Å²) in [5.41, 5.74) is 0.304. The number of benzene rings is 1. The van der Waals surface area contributed by atoms with Crippen LogP contribution in [0.25, 0.3) is 11.4 Å². The Kier molecular flexibility index (Phi) is 6.47. The van der Waals surface area contributed by atoms with E-state index < -0.39 is 21.8 Å². The molecule has 5 rings (SSSR count). The summed E-state index contributed by atoms with van der Waals surface area (Å²) in [5, 5.41) is 4.41. The van der Waals surface area contributed by atoms with Crippen LogP contribution in [0.3, 0.4) is 0 Å². The van der Waals surface area contributed by atoms with Gasteiger partial charge in [-0.1, -0.05) is 16.8 Å². The maximum absolute atomic E-state index is 14.3. The first kappa shape index (κ1) is 24.0. The SMILES string of the molecule is C[C@@H](OC1C2COCC1CN(c1ncc(Cl)cn1)C2)c1nc(-c2ccc(S(C)(=O)=O)c(F)c2)no1. The van der Waals surface area contributed by atoms with Gasteiger partial charge in [0.15, 0.2) is 9.84 Å². The zero-order valence-corrected chi connectivity index (χ0v) is 20.5. The Hall–Kier alpha value is -2.67. The van der Waals surface area contributed by atoms with Crippen LogP contribution in [0.2, 0.25) is 5.02 Å². The molecular weight excluding hydrogens is 501 g/mol. The summed E-state index contributed by atoms with van der Waals surface area (Å²) in [6.07, 6.45) is 3.50. The van der Waals surface area contributed by atoms with Gasteiger partial charge in [-0.25, -0.2) is 22.8 Å². The first-order valence-electron chi connectivity index (χ1n) is 11.0. The Morgan fingerprint density at radius 1 is 1.20 bits per heavy atom. The molecule has 2 unspecified atom stereocenters. The minimum absolute atomic E-state index is 0.0873. The molecule has 2 aromatic heterocycles. The average Bonchev–Trinajstić information content (AvgIpc) is 3.29. The third-order valence-corrected chi connectivity index (χ3v) is 7.46. The van der Waals surface area contributed by atoms with Crippen LogP contribution in [0.4, 0.5) is 10.3 Å². The van der Waals surface area contributed by atoms with Gasteiger partial charge in [0.25, 0.3) is 5.89 Å². The monoisotopic (exact) mass is 523 g/mol. The number of piperidine rings is 1. The molecule has 1 aromatic carbocycles. The zero-order valence-electron chi connectivity index (χ0n) is 19.0. The van der Waals surface area contributed by atoms with Gasteiger partial charge in [0, 0.05) is 36.7 Å². The third kappa shape index (κ3) is 5.01. The van der Waals surface area contributed by atoms with E-state index in [2.05, 4.69) is 25.0 Å². The van der Waals surface area contributed by atoms with Gasteiger partial charge in [-0.15, -0.1) is 0 Å². The summed E-state index contributed by atoms with van der Waals surface area (Å²) < 4.78 is 55.1. The summed E-state index contributed by atoms with van der Waals surface area (Å²) in [6, 6.07) is 3.71. The molecule has 10 nitrogen and oxygen atoms in total. The number of rotatable bonds is 6. The predicted octanol–water partition coefficient (Wildman–Crippen LogP) is 2.95. The van der Waals surface area contributed by atoms with Gasteiger partial charge >= 0.3 is 0 Å². The molecule has 4 heterocycles. The van der Waals surface area contributed by atoms with Gasteiger partial charge in [0.2, 0.25) is 11.8 Å². The zero-order chi connectivity index (χ0) is 24.7. The number of hydrogen-bond acceptors (Lipinski definition) is 10. The summed E-state index contributed by atoms with van der Waals surface area (Å²) in [7, 11) is -3.67. The molecule has 2 aliphatic rings. The summed E-state index contributed by atoms with van der Waals surface area (Å²) >= 11 is 5.91. The molecule has 3 aromatic rings. The molecular formula is C22H23ClFN5O5S. The quantitative estimate of drug-likeness (QED) is 0.476. The number of hydrogen-bond donors (Lipinski definition) is 0. The van der Waals surface area contributed by atoms with E-state index in [-0.39, 0.29) is 34.6 Å². The number of anilines is 1. The van der Waals surface area contributed by atoms with Crippen molar-refractivity contribution in [3.05, 3.63) is 47.3 Å². The molecule has 13 heteroatoms. The highest BCUT2D eigenvalue weighted by atomic mass is 35.5. The number of ether oxygens (including phenoxy) is 2. The lowest BCUT2D eigenvalue weighted by Crippen LogP contribution is -2.57. The molecule has 3 atom stereocenters. The van der Waals surface area contributed by atoms with Crippen molar-refractivity contribution in [1.29, 1.82) is 0 Å². The maximum atomic E-state index is 14.3. The van der Waals surface area contributed by atoms with Gasteiger partial charge in [-0.3, -0.25) is 0 Å². The van der Waals surface area contributed by atoms with Gasteiger partial charge in [-0.05, 0) is 25.1 Å². The molecule has 0 radical (unpaired) electrons. The molecule has 0 aliphatic carbocycles. The highest BCUT2D eigenvalue weighted by Crippen LogP contribution is 2.35. The van der Waals surface area contributed by atoms with Crippen molar-refractivity contribution in [2.75, 3.05) is 37.5 Å². The Balaban J connectivity index is 1.29. The van der Waals surface area contributed by atoms with Crippen molar-refractivity contribution in [3.63, 3.8) is 0 Å². The molecule has 2 bridgehead atoms. The van der Waals surface area contributed by atoms with Crippen molar-refractivity contribution in [1.82, 2.24) is 20.1 Å². The molecule has 0 N–H and O–H groups in total. The van der Waals surface area contributed by atoms with Crippen molar-refractivity contribution >= 4 is 27.4 Å². The summed E-state index contributed by atoms with van der Waals surface area (Å²) in [5.74, 6) is 0.314. The van der Waals surface area contributed by atoms with Crippen LogP contribution >= 0.6 is 11.6 Å². The second kappa shape index (κ2) is 9.41. The largest absolute Gasteiger partial charge is 0.381 e. The van der Waals surface area contributed by atoms with Gasteiger partial charge < -0.3 is 18.9 Å². The smallest absolute Gasteiger partial charge is 0.255 e. The van der Waals surface area contributed by atoms with Crippen LogP contribution in [0, 0.1) is 17.7 Å². The number of sulfone groups is 1. The van der Waals surface area contributed by atoms with Crippen LogP contribution in [0.15, 0.2) is 40.0 Å². The first-order valence-corrected chi connectivity index (χ1v) is 13.3. The van der Waals surface area contributed by atoms with Crippen molar-refractivity contribution in [2.24, 2.45) is 11.8 Å². The maximum Gasteiger partial charge on any atom is 0.255 e. The van der Waals surface area contributed by atoms with Crippen molar-refractivity contribution in [3.8, 4) is 11.4 Å². The van der Waals surface area contributed by atoms with Crippen LogP contribution in [0.5, 0.6) is 0 Å². The standard InChI is InChI=1S/C22H23ClFN5O5S/c1-12(21-27-20(28-34-21)13-3-4-18(17(24)5-13)35(2,30)31)33-19-14-8-29(9-15(19)11-32-10-14)22-25-6-16(23)7-26-22/h3-7,12,14-15,19H,8-11H2,1-2H3/t12-,14?,15?,19?/m1/s1. The van der Waals surface area contributed by atoms with Gasteiger partial charge in [-0.2, -0.15) is 4.98 Å². The van der Waals surface area contributed by atoms with E-state index in [4.69, 9.17) is 25.6 Å². The topological polar surface area (TPSA) is 121 Å². The Morgan fingerprint density at radius 2 is 1.89 bits per heavy atom. The van der Waals surface area contributed by atoms with E-state index in [1.54, 1.807) is 12.4 Å². The fourth-order valence-electron chi connectivity index (χ4n) is 4.51. The molecule has 0 spiro atoms. The molecule has 35 heavy (non-hydrogen) atoms. The molecule has 186 valence electrons. The van der Waals surface area contributed by atoms with Crippen molar-refractivity contribution < 1.29 is 26.8 Å². The van der Waals surface area contributed by atoms with Crippen LogP contribution in [0.1, 0.15) is 18.9 Å². The van der Waals surface area contributed by atoms with E-state index in [0.29, 0.717) is 42.8 Å². The number of aromatic nitrogens is 4. The molecule has 2 saturated heterocycles. The second-order valence-corrected chi connectivity index (χ2v) is 11.2. The lowest BCUT2D eigenvalue weighted by Gasteiger charge is -2.47. The van der Waals surface area contributed by atoms with E-state index in [0.717, 1.165) is 12.3 Å². The van der Waals surface area contributed by atoms with Crippen LogP contribution in [-0.4, -0.2) is 67.2 Å². The normalized spacial score (nSPS) is 23.3. The second-order valence-electron chi connectivity index (χ2n) is 8.78. The summed E-state index contributed by atoms with van der Waals surface area (Å²) in [6.45, 7) is 4.22. The number of nitrogens with zero attached hydrogens (tertiary/aromatic N) is 5. The Labute approximate surface area is 206 Å². The van der Waals surface area contributed by atoms with Crippen LogP contribution in [-0.2, 0) is 19.3 Å². The van der Waals surface area contributed by atoms with Crippen LogP contribution < -0.4 is 4.90 Å². The fraction of sp³-hybridized carbons (Fsp3) is 0.455. The highest BCUT2D eigenvalue weighted by molar-refractivity contribution is 7.90. The van der Waals surface area contributed by atoms with Crippen molar-refractivity contribution in [2.45, 2.75) is 24.0 Å². The third-order valence-electron chi connectivity index (χ3n) is 6.13. The van der Waals surface area contributed by atoms with E-state index in [9.17, 15) is 12.8 Å². The lowest BCUT2D eigenvalue weighted by molar-refractivity contribution is -0.146. The van der Waals surface area contributed by atoms with E-state index in [1.165, 1.54) is 12.1 Å². The number of halogens is 2. The lowest BCUT2D eigenvalue weighted by atomic mass is 9.84. The Morgan fingerprint density at radius 3 is 2.51 bits per heavy atom. The Bertz CT molecular complexity index is 1310. The van der Waals surface area contributed by atoms with E-state index in [1.807, 2.05) is 6.92 Å². The van der Waals surface area contributed by atoms with Gasteiger partial charge in [0.05, 0.1) is 36.7 Å². The first-order chi connectivity index (χ1) is 16.7. The molecule has 0 amide bonds. The van der Waals surface area contributed by atoms with Gasteiger partial charge in [0.1, 0.15) is 16.8 Å². The molecule has 0 saturated carbocycles.